The van der Waals surface area contributed by atoms with E-state index in [1.807, 2.05) is 67.8 Å². The summed E-state index contributed by atoms with van der Waals surface area (Å²) in [4.78, 5) is 12.6. The van der Waals surface area contributed by atoms with Crippen LogP contribution in [0.2, 0.25) is 0 Å². The van der Waals surface area contributed by atoms with Gasteiger partial charge in [0.25, 0.3) is 0 Å². The fourth-order valence-corrected chi connectivity index (χ4v) is 3.77. The van der Waals surface area contributed by atoms with Crippen LogP contribution in [-0.4, -0.2) is 25.9 Å². The average molecular weight is 381 g/mol. The molecule has 0 saturated heterocycles. The summed E-state index contributed by atoms with van der Waals surface area (Å²) in [7, 11) is 0. The van der Waals surface area contributed by atoms with Crippen LogP contribution in [0.5, 0.6) is 0 Å². The number of aryl methyl sites for hydroxylation is 2. The van der Waals surface area contributed by atoms with E-state index in [2.05, 4.69) is 28.5 Å². The summed E-state index contributed by atoms with van der Waals surface area (Å²) in [6.07, 6.45) is 0. The van der Waals surface area contributed by atoms with Crippen molar-refractivity contribution in [3.05, 3.63) is 59.7 Å². The van der Waals surface area contributed by atoms with Gasteiger partial charge in [-0.05, 0) is 39.3 Å². The Hall–Kier alpha value is -2.60. The summed E-state index contributed by atoms with van der Waals surface area (Å²) in [6, 6.07) is 16.0. The predicted octanol–water partition coefficient (Wildman–Crippen LogP) is 4.70. The summed E-state index contributed by atoms with van der Waals surface area (Å²) < 4.78 is 2.04. The number of anilines is 1. The number of carbonyl (C=O) groups excluding carboxylic acids is 1. The van der Waals surface area contributed by atoms with E-state index >= 15 is 0 Å². The standard InChI is InChI=1S/C21H24N4OS/c1-5-25-19(17-9-7-6-8-10-17)23-24-21(25)27-16(4)20(26)22-18-12-11-14(2)13-15(18)3/h6-13,16H,5H2,1-4H3,(H,22,26). The van der Waals surface area contributed by atoms with E-state index in [-0.39, 0.29) is 11.2 Å². The Morgan fingerprint density at radius 2 is 1.89 bits per heavy atom. The maximum Gasteiger partial charge on any atom is 0.237 e. The number of nitrogens with one attached hydrogen (secondary N) is 1. The summed E-state index contributed by atoms with van der Waals surface area (Å²) in [5.74, 6) is 0.779. The topological polar surface area (TPSA) is 59.8 Å². The van der Waals surface area contributed by atoms with Crippen molar-refractivity contribution in [2.45, 2.75) is 44.6 Å². The van der Waals surface area contributed by atoms with Gasteiger partial charge in [0.1, 0.15) is 0 Å². The minimum Gasteiger partial charge on any atom is -0.325 e. The zero-order valence-corrected chi connectivity index (χ0v) is 16.9. The van der Waals surface area contributed by atoms with Crippen LogP contribution in [0.1, 0.15) is 25.0 Å². The molecule has 27 heavy (non-hydrogen) atoms. The van der Waals surface area contributed by atoms with Gasteiger partial charge in [0, 0.05) is 17.8 Å². The van der Waals surface area contributed by atoms with Crippen molar-refractivity contribution in [1.29, 1.82) is 0 Å². The van der Waals surface area contributed by atoms with Gasteiger partial charge >= 0.3 is 0 Å². The number of amides is 1. The fraction of sp³-hybridized carbons (Fsp3) is 0.286. The van der Waals surface area contributed by atoms with Gasteiger partial charge in [-0.2, -0.15) is 0 Å². The first-order valence-corrected chi connectivity index (χ1v) is 9.91. The molecule has 0 spiro atoms. The first kappa shape index (κ1) is 19.2. The molecule has 3 aromatic rings. The minimum absolute atomic E-state index is 0.0427. The van der Waals surface area contributed by atoms with Crippen molar-refractivity contribution >= 4 is 23.4 Å². The zero-order chi connectivity index (χ0) is 19.4. The first-order chi connectivity index (χ1) is 13.0. The fourth-order valence-electron chi connectivity index (χ4n) is 2.86. The van der Waals surface area contributed by atoms with Crippen LogP contribution >= 0.6 is 11.8 Å². The smallest absolute Gasteiger partial charge is 0.237 e. The molecule has 1 N–H and O–H groups in total. The van der Waals surface area contributed by atoms with Gasteiger partial charge in [0.2, 0.25) is 5.91 Å². The Bertz CT molecular complexity index is 937. The van der Waals surface area contributed by atoms with Crippen LogP contribution in [0.25, 0.3) is 11.4 Å². The molecule has 0 aliphatic heterocycles. The lowest BCUT2D eigenvalue weighted by Gasteiger charge is -2.14. The van der Waals surface area contributed by atoms with Crippen LogP contribution in [0.15, 0.2) is 53.7 Å². The van der Waals surface area contributed by atoms with Crippen molar-refractivity contribution in [3.8, 4) is 11.4 Å². The molecular formula is C21H24N4OS. The second-order valence-corrected chi connectivity index (χ2v) is 7.79. The average Bonchev–Trinajstić information content (AvgIpc) is 3.07. The number of rotatable bonds is 6. The lowest BCUT2D eigenvalue weighted by atomic mass is 10.1. The molecule has 3 rings (SSSR count). The maximum atomic E-state index is 12.6. The van der Waals surface area contributed by atoms with E-state index in [9.17, 15) is 4.79 Å². The molecule has 1 atom stereocenters. The summed E-state index contributed by atoms with van der Waals surface area (Å²) in [5.41, 5.74) is 4.10. The quantitative estimate of drug-likeness (QED) is 0.630. The summed E-state index contributed by atoms with van der Waals surface area (Å²) >= 11 is 1.42. The van der Waals surface area contributed by atoms with Crippen molar-refractivity contribution in [2.75, 3.05) is 5.32 Å². The Kier molecular flexibility index (Phi) is 5.96. The van der Waals surface area contributed by atoms with Gasteiger partial charge in [0.15, 0.2) is 11.0 Å². The monoisotopic (exact) mass is 380 g/mol. The third kappa shape index (κ3) is 4.39. The van der Waals surface area contributed by atoms with Gasteiger partial charge in [-0.3, -0.25) is 4.79 Å². The summed E-state index contributed by atoms with van der Waals surface area (Å²) in [6.45, 7) is 8.73. The number of hydrogen-bond donors (Lipinski definition) is 1. The zero-order valence-electron chi connectivity index (χ0n) is 16.1. The molecule has 1 amide bonds. The minimum atomic E-state index is -0.288. The number of aromatic nitrogens is 3. The lowest BCUT2D eigenvalue weighted by molar-refractivity contribution is -0.115. The van der Waals surface area contributed by atoms with Crippen molar-refractivity contribution in [2.24, 2.45) is 0 Å². The SMILES string of the molecule is CCn1c(SC(C)C(=O)Nc2ccc(C)cc2C)nnc1-c1ccccc1. The highest BCUT2D eigenvalue weighted by Crippen LogP contribution is 2.27. The molecule has 6 heteroatoms. The van der Waals surface area contributed by atoms with Crippen LogP contribution in [0, 0.1) is 13.8 Å². The number of benzene rings is 2. The normalized spacial score (nSPS) is 12.0. The second kappa shape index (κ2) is 8.39. The van der Waals surface area contributed by atoms with Crippen molar-refractivity contribution in [3.63, 3.8) is 0 Å². The van der Waals surface area contributed by atoms with Crippen molar-refractivity contribution < 1.29 is 4.79 Å². The third-order valence-electron chi connectivity index (χ3n) is 4.36. The van der Waals surface area contributed by atoms with E-state index in [0.717, 1.165) is 34.3 Å². The Labute approximate surface area is 164 Å². The summed E-state index contributed by atoms with van der Waals surface area (Å²) in [5, 5.41) is 12.1. The van der Waals surface area contributed by atoms with Gasteiger partial charge in [-0.1, -0.05) is 59.8 Å². The van der Waals surface area contributed by atoms with E-state index in [4.69, 9.17) is 0 Å². The maximum absolute atomic E-state index is 12.6. The number of thioether (sulfide) groups is 1. The highest BCUT2D eigenvalue weighted by atomic mass is 32.2. The van der Waals surface area contributed by atoms with Gasteiger partial charge in [-0.25, -0.2) is 0 Å². The van der Waals surface area contributed by atoms with E-state index in [0.29, 0.717) is 0 Å². The number of carbonyl (C=O) groups is 1. The van der Waals surface area contributed by atoms with Crippen LogP contribution in [0.4, 0.5) is 5.69 Å². The van der Waals surface area contributed by atoms with Crippen molar-refractivity contribution in [1.82, 2.24) is 14.8 Å². The van der Waals surface area contributed by atoms with Crippen LogP contribution in [0.3, 0.4) is 0 Å². The van der Waals surface area contributed by atoms with Gasteiger partial charge < -0.3 is 9.88 Å². The number of hydrogen-bond acceptors (Lipinski definition) is 4. The molecule has 0 radical (unpaired) electrons. The number of nitrogens with zero attached hydrogens (tertiary/aromatic N) is 3. The van der Waals surface area contributed by atoms with Gasteiger partial charge in [-0.15, -0.1) is 10.2 Å². The molecule has 0 bridgehead atoms. The molecular weight excluding hydrogens is 356 g/mol. The molecule has 2 aromatic carbocycles. The Balaban J connectivity index is 1.75. The molecule has 0 fully saturated rings. The molecule has 1 heterocycles. The van der Waals surface area contributed by atoms with Gasteiger partial charge in [0.05, 0.1) is 5.25 Å². The molecule has 5 nitrogen and oxygen atoms in total. The van der Waals surface area contributed by atoms with Crippen LogP contribution in [-0.2, 0) is 11.3 Å². The predicted molar refractivity (Wildman–Crippen MR) is 111 cm³/mol. The second-order valence-electron chi connectivity index (χ2n) is 6.48. The first-order valence-electron chi connectivity index (χ1n) is 9.03. The van der Waals surface area contributed by atoms with Crippen LogP contribution < -0.4 is 5.32 Å². The molecule has 1 unspecified atom stereocenters. The highest BCUT2D eigenvalue weighted by molar-refractivity contribution is 8.00. The molecule has 140 valence electrons. The highest BCUT2D eigenvalue weighted by Gasteiger charge is 2.20. The third-order valence-corrected chi connectivity index (χ3v) is 5.44. The molecule has 0 saturated carbocycles. The van der Waals surface area contributed by atoms with E-state index in [1.165, 1.54) is 17.3 Å². The van der Waals surface area contributed by atoms with E-state index in [1.54, 1.807) is 0 Å². The molecule has 1 aromatic heterocycles. The van der Waals surface area contributed by atoms with E-state index < -0.39 is 0 Å². The Morgan fingerprint density at radius 3 is 2.56 bits per heavy atom. The molecule has 0 aliphatic rings. The largest absolute Gasteiger partial charge is 0.325 e. The Morgan fingerprint density at radius 1 is 1.15 bits per heavy atom. The molecule has 0 aliphatic carbocycles. The lowest BCUT2D eigenvalue weighted by Crippen LogP contribution is -2.23.